The van der Waals surface area contributed by atoms with E-state index in [0.717, 1.165) is 17.0 Å². The highest BCUT2D eigenvalue weighted by Crippen LogP contribution is 2.38. The van der Waals surface area contributed by atoms with Crippen LogP contribution < -0.4 is 5.73 Å². The zero-order chi connectivity index (χ0) is 11.7. The number of nitrogens with zero attached hydrogens (tertiary/aromatic N) is 3. The SMILES string of the molecule is CC1CC(C)CC(Sc2nnc(N)n2C)C1. The molecule has 0 aliphatic heterocycles. The molecular formula is C11H20N4S. The second-order valence-corrected chi connectivity index (χ2v) is 6.32. The Kier molecular flexibility index (Phi) is 3.42. The van der Waals surface area contributed by atoms with Gasteiger partial charge in [-0.3, -0.25) is 4.57 Å². The summed E-state index contributed by atoms with van der Waals surface area (Å²) in [5.41, 5.74) is 5.68. The molecule has 2 atom stereocenters. The number of hydrogen-bond donors (Lipinski definition) is 1. The van der Waals surface area contributed by atoms with Gasteiger partial charge in [0.05, 0.1) is 0 Å². The van der Waals surface area contributed by atoms with E-state index >= 15 is 0 Å². The maximum atomic E-state index is 5.68. The molecule has 1 aliphatic rings. The van der Waals surface area contributed by atoms with E-state index < -0.39 is 0 Å². The van der Waals surface area contributed by atoms with Gasteiger partial charge in [0.15, 0.2) is 5.16 Å². The van der Waals surface area contributed by atoms with Crippen molar-refractivity contribution < 1.29 is 0 Å². The Bertz CT molecular complexity index is 353. The molecule has 0 aromatic carbocycles. The fourth-order valence-corrected chi connectivity index (χ4v) is 4.03. The van der Waals surface area contributed by atoms with E-state index in [-0.39, 0.29) is 0 Å². The summed E-state index contributed by atoms with van der Waals surface area (Å²) >= 11 is 1.83. The molecule has 0 amide bonds. The lowest BCUT2D eigenvalue weighted by atomic mass is 9.83. The van der Waals surface area contributed by atoms with E-state index in [4.69, 9.17) is 5.73 Å². The Morgan fingerprint density at radius 3 is 2.31 bits per heavy atom. The molecule has 5 heteroatoms. The number of hydrogen-bond acceptors (Lipinski definition) is 4. The molecule has 0 radical (unpaired) electrons. The van der Waals surface area contributed by atoms with Crippen molar-refractivity contribution in [1.29, 1.82) is 0 Å². The van der Waals surface area contributed by atoms with Crippen LogP contribution in [0.15, 0.2) is 5.16 Å². The molecule has 2 rings (SSSR count). The van der Waals surface area contributed by atoms with Crippen LogP contribution in [-0.4, -0.2) is 20.0 Å². The third kappa shape index (κ3) is 2.51. The number of anilines is 1. The molecule has 1 aromatic rings. The van der Waals surface area contributed by atoms with Crippen LogP contribution in [0, 0.1) is 11.8 Å². The Morgan fingerprint density at radius 1 is 1.19 bits per heavy atom. The number of nitrogen functional groups attached to an aromatic ring is 1. The minimum Gasteiger partial charge on any atom is -0.368 e. The number of rotatable bonds is 2. The highest BCUT2D eigenvalue weighted by Gasteiger charge is 2.26. The van der Waals surface area contributed by atoms with Crippen molar-refractivity contribution in [2.45, 2.75) is 43.5 Å². The van der Waals surface area contributed by atoms with Crippen molar-refractivity contribution >= 4 is 17.7 Å². The summed E-state index contributed by atoms with van der Waals surface area (Å²) in [5.74, 6) is 2.15. The number of thioether (sulfide) groups is 1. The minimum atomic E-state index is 0.499. The van der Waals surface area contributed by atoms with Gasteiger partial charge in [0, 0.05) is 12.3 Å². The summed E-state index contributed by atoms with van der Waals surface area (Å²) in [6, 6.07) is 0. The van der Waals surface area contributed by atoms with Crippen molar-refractivity contribution in [2.75, 3.05) is 5.73 Å². The summed E-state index contributed by atoms with van der Waals surface area (Å²) in [5, 5.41) is 9.62. The molecule has 1 aliphatic carbocycles. The van der Waals surface area contributed by atoms with Crippen LogP contribution in [0.3, 0.4) is 0 Å². The van der Waals surface area contributed by atoms with E-state index in [1.165, 1.54) is 19.3 Å². The average Bonchev–Trinajstić information content (AvgIpc) is 2.48. The van der Waals surface area contributed by atoms with Crippen LogP contribution in [0.4, 0.5) is 5.95 Å². The van der Waals surface area contributed by atoms with Crippen LogP contribution in [0.5, 0.6) is 0 Å². The minimum absolute atomic E-state index is 0.499. The van der Waals surface area contributed by atoms with Crippen LogP contribution in [0.2, 0.25) is 0 Å². The molecular weight excluding hydrogens is 220 g/mol. The lowest BCUT2D eigenvalue weighted by molar-refractivity contribution is 0.308. The molecule has 0 spiro atoms. The fourth-order valence-electron chi connectivity index (χ4n) is 2.55. The van der Waals surface area contributed by atoms with Gasteiger partial charge in [0.1, 0.15) is 0 Å². The summed E-state index contributed by atoms with van der Waals surface area (Å²) in [7, 11) is 1.92. The molecule has 1 fully saturated rings. The van der Waals surface area contributed by atoms with Crippen LogP contribution in [-0.2, 0) is 7.05 Å². The molecule has 90 valence electrons. The Morgan fingerprint density at radius 2 is 1.81 bits per heavy atom. The summed E-state index contributed by atoms with van der Waals surface area (Å²) in [4.78, 5) is 0. The van der Waals surface area contributed by atoms with Crippen molar-refractivity contribution in [2.24, 2.45) is 18.9 Å². The zero-order valence-corrected chi connectivity index (χ0v) is 11.0. The van der Waals surface area contributed by atoms with Crippen LogP contribution in [0.1, 0.15) is 33.1 Å². The molecule has 1 aromatic heterocycles. The Balaban J connectivity index is 2.01. The maximum absolute atomic E-state index is 5.68. The van der Waals surface area contributed by atoms with Gasteiger partial charge in [-0.05, 0) is 31.1 Å². The second kappa shape index (κ2) is 4.65. The lowest BCUT2D eigenvalue weighted by Gasteiger charge is -2.30. The molecule has 4 nitrogen and oxygen atoms in total. The van der Waals surface area contributed by atoms with Gasteiger partial charge in [0.25, 0.3) is 0 Å². The van der Waals surface area contributed by atoms with Gasteiger partial charge in [0.2, 0.25) is 5.95 Å². The smallest absolute Gasteiger partial charge is 0.222 e. The first-order chi connectivity index (χ1) is 7.56. The molecule has 0 saturated heterocycles. The fraction of sp³-hybridized carbons (Fsp3) is 0.818. The second-order valence-electron chi connectivity index (χ2n) is 5.06. The molecule has 1 saturated carbocycles. The van der Waals surface area contributed by atoms with E-state index in [1.807, 2.05) is 23.4 Å². The van der Waals surface area contributed by atoms with Gasteiger partial charge < -0.3 is 5.73 Å². The topological polar surface area (TPSA) is 56.7 Å². The van der Waals surface area contributed by atoms with E-state index in [2.05, 4.69) is 24.0 Å². The summed E-state index contributed by atoms with van der Waals surface area (Å²) in [6.45, 7) is 4.68. The van der Waals surface area contributed by atoms with Crippen LogP contribution >= 0.6 is 11.8 Å². The van der Waals surface area contributed by atoms with E-state index in [0.29, 0.717) is 11.2 Å². The average molecular weight is 240 g/mol. The third-order valence-corrected chi connectivity index (χ3v) is 4.56. The van der Waals surface area contributed by atoms with Crippen molar-refractivity contribution in [3.05, 3.63) is 0 Å². The molecule has 2 N–H and O–H groups in total. The zero-order valence-electron chi connectivity index (χ0n) is 10.2. The maximum Gasteiger partial charge on any atom is 0.222 e. The molecule has 1 heterocycles. The number of nitrogens with two attached hydrogens (primary N) is 1. The highest BCUT2D eigenvalue weighted by molar-refractivity contribution is 7.99. The predicted molar refractivity (Wildman–Crippen MR) is 67.2 cm³/mol. The van der Waals surface area contributed by atoms with Crippen LogP contribution in [0.25, 0.3) is 0 Å². The van der Waals surface area contributed by atoms with Crippen molar-refractivity contribution in [3.8, 4) is 0 Å². The van der Waals surface area contributed by atoms with Crippen molar-refractivity contribution in [1.82, 2.24) is 14.8 Å². The van der Waals surface area contributed by atoms with Crippen molar-refractivity contribution in [3.63, 3.8) is 0 Å². The first-order valence-electron chi connectivity index (χ1n) is 5.87. The molecule has 0 bridgehead atoms. The van der Waals surface area contributed by atoms with Gasteiger partial charge >= 0.3 is 0 Å². The first-order valence-corrected chi connectivity index (χ1v) is 6.75. The standard InChI is InChI=1S/C11H20N4S/c1-7-4-8(2)6-9(5-7)16-11-14-13-10(12)15(11)3/h7-9H,4-6H2,1-3H3,(H2,12,13). The van der Waals surface area contributed by atoms with Gasteiger partial charge in [-0.1, -0.05) is 25.6 Å². The quantitative estimate of drug-likeness (QED) is 0.862. The largest absolute Gasteiger partial charge is 0.368 e. The van der Waals surface area contributed by atoms with Gasteiger partial charge in [-0.15, -0.1) is 10.2 Å². The number of aromatic nitrogens is 3. The van der Waals surface area contributed by atoms with Gasteiger partial charge in [-0.25, -0.2) is 0 Å². The Hall–Kier alpha value is -0.710. The van der Waals surface area contributed by atoms with Gasteiger partial charge in [-0.2, -0.15) is 0 Å². The first kappa shape index (κ1) is 11.8. The lowest BCUT2D eigenvalue weighted by Crippen LogP contribution is -2.21. The normalized spacial score (nSPS) is 30.6. The van der Waals surface area contributed by atoms with E-state index in [1.54, 1.807) is 0 Å². The third-order valence-electron chi connectivity index (χ3n) is 3.28. The van der Waals surface area contributed by atoms with E-state index in [9.17, 15) is 0 Å². The summed E-state index contributed by atoms with van der Waals surface area (Å²) < 4.78 is 1.87. The molecule has 2 unspecified atom stereocenters. The summed E-state index contributed by atoms with van der Waals surface area (Å²) in [6.07, 6.45) is 3.92. The molecule has 16 heavy (non-hydrogen) atoms. The Labute approximate surface area is 101 Å². The highest BCUT2D eigenvalue weighted by atomic mass is 32.2. The monoisotopic (exact) mass is 240 g/mol. The predicted octanol–water partition coefficient (Wildman–Crippen LogP) is 2.31.